The fraction of sp³-hybridized carbons (Fsp3) is 1.00. The average molecular weight is 231 g/mol. The van der Waals surface area contributed by atoms with Crippen molar-refractivity contribution in [1.82, 2.24) is 5.32 Å². The molecular formula is C12H25NOS. The van der Waals surface area contributed by atoms with E-state index in [1.807, 2.05) is 11.8 Å². The Balaban J connectivity index is 2.35. The van der Waals surface area contributed by atoms with Crippen molar-refractivity contribution in [3.63, 3.8) is 0 Å². The first-order valence-electron chi connectivity index (χ1n) is 6.03. The number of hydrogen-bond donors (Lipinski definition) is 1. The summed E-state index contributed by atoms with van der Waals surface area (Å²) < 4.78 is 5.78. The molecule has 1 aliphatic carbocycles. The molecule has 0 aromatic heterocycles. The number of nitrogens with one attached hydrogen (secondary N) is 1. The lowest BCUT2D eigenvalue weighted by Gasteiger charge is -2.53. The highest BCUT2D eigenvalue weighted by Gasteiger charge is 2.50. The molecule has 3 atom stereocenters. The van der Waals surface area contributed by atoms with Crippen LogP contribution in [0.4, 0.5) is 0 Å². The molecule has 0 aromatic carbocycles. The number of ether oxygens (including phenoxy) is 1. The zero-order valence-electron chi connectivity index (χ0n) is 10.5. The molecule has 15 heavy (non-hydrogen) atoms. The Labute approximate surface area is 98.5 Å². The van der Waals surface area contributed by atoms with Crippen LogP contribution < -0.4 is 5.32 Å². The average Bonchev–Trinajstić information content (AvgIpc) is 2.26. The molecule has 90 valence electrons. The first kappa shape index (κ1) is 13.3. The van der Waals surface area contributed by atoms with Gasteiger partial charge in [-0.05, 0) is 26.0 Å². The highest BCUT2D eigenvalue weighted by Crippen LogP contribution is 2.45. The largest absolute Gasteiger partial charge is 0.378 e. The zero-order chi connectivity index (χ0) is 11.3. The smallest absolute Gasteiger partial charge is 0.0658 e. The fourth-order valence-electron chi connectivity index (χ4n) is 2.40. The van der Waals surface area contributed by atoms with E-state index in [-0.39, 0.29) is 0 Å². The van der Waals surface area contributed by atoms with Crippen LogP contribution in [0.25, 0.3) is 0 Å². The summed E-state index contributed by atoms with van der Waals surface area (Å²) in [5.41, 5.74) is 0.356. The summed E-state index contributed by atoms with van der Waals surface area (Å²) >= 11 is 1.90. The van der Waals surface area contributed by atoms with E-state index >= 15 is 0 Å². The van der Waals surface area contributed by atoms with Crippen LogP contribution in [0.5, 0.6) is 0 Å². The first-order valence-corrected chi connectivity index (χ1v) is 7.42. The summed E-state index contributed by atoms with van der Waals surface area (Å²) in [4.78, 5) is 0. The van der Waals surface area contributed by atoms with Gasteiger partial charge in [0.1, 0.15) is 0 Å². The Hall–Kier alpha value is 0.270. The van der Waals surface area contributed by atoms with Gasteiger partial charge in [0, 0.05) is 30.4 Å². The second-order valence-corrected chi connectivity index (χ2v) is 5.52. The van der Waals surface area contributed by atoms with E-state index in [1.165, 1.54) is 18.6 Å². The van der Waals surface area contributed by atoms with Gasteiger partial charge in [-0.2, -0.15) is 11.8 Å². The van der Waals surface area contributed by atoms with E-state index in [2.05, 4.69) is 32.3 Å². The van der Waals surface area contributed by atoms with Gasteiger partial charge in [-0.1, -0.05) is 13.8 Å². The molecule has 3 heteroatoms. The van der Waals surface area contributed by atoms with E-state index in [9.17, 15) is 0 Å². The monoisotopic (exact) mass is 231 g/mol. The molecule has 0 aliphatic heterocycles. The fourth-order valence-corrected chi connectivity index (χ4v) is 2.72. The molecule has 0 saturated heterocycles. The lowest BCUT2D eigenvalue weighted by Crippen LogP contribution is -2.62. The minimum Gasteiger partial charge on any atom is -0.378 e. The van der Waals surface area contributed by atoms with Crippen molar-refractivity contribution < 1.29 is 4.74 Å². The molecule has 0 aromatic rings. The van der Waals surface area contributed by atoms with Crippen molar-refractivity contribution in [2.45, 2.75) is 45.8 Å². The minimum atomic E-state index is 0.356. The predicted molar refractivity (Wildman–Crippen MR) is 68.6 cm³/mol. The Kier molecular flexibility index (Phi) is 5.44. The lowest BCUT2D eigenvalue weighted by molar-refractivity contribution is -0.125. The van der Waals surface area contributed by atoms with Crippen molar-refractivity contribution >= 4 is 11.8 Å². The Morgan fingerprint density at radius 3 is 2.73 bits per heavy atom. The molecule has 0 radical (unpaired) electrons. The van der Waals surface area contributed by atoms with Crippen molar-refractivity contribution in [2.75, 3.05) is 25.2 Å². The molecule has 1 rings (SSSR count). The third-order valence-corrected chi connectivity index (χ3v) is 4.42. The highest BCUT2D eigenvalue weighted by atomic mass is 32.2. The van der Waals surface area contributed by atoms with Gasteiger partial charge >= 0.3 is 0 Å². The SMILES string of the molecule is CCOC1CC(NCCSC)C1(C)CC. The van der Waals surface area contributed by atoms with Crippen LogP contribution in [0.1, 0.15) is 33.6 Å². The van der Waals surface area contributed by atoms with E-state index in [4.69, 9.17) is 4.74 Å². The third-order valence-electron chi connectivity index (χ3n) is 3.81. The number of thioether (sulfide) groups is 1. The minimum absolute atomic E-state index is 0.356. The molecule has 3 unspecified atom stereocenters. The van der Waals surface area contributed by atoms with Crippen LogP contribution in [0, 0.1) is 5.41 Å². The van der Waals surface area contributed by atoms with Gasteiger partial charge in [0.05, 0.1) is 6.10 Å². The number of hydrogen-bond acceptors (Lipinski definition) is 3. The van der Waals surface area contributed by atoms with Gasteiger partial charge in [-0.15, -0.1) is 0 Å². The van der Waals surface area contributed by atoms with E-state index in [0.717, 1.165) is 13.2 Å². The number of rotatable bonds is 7. The third kappa shape index (κ3) is 2.89. The van der Waals surface area contributed by atoms with Gasteiger partial charge in [0.15, 0.2) is 0 Å². The van der Waals surface area contributed by atoms with E-state index in [1.54, 1.807) is 0 Å². The molecule has 1 N–H and O–H groups in total. The summed E-state index contributed by atoms with van der Waals surface area (Å²) in [6.45, 7) is 8.69. The lowest BCUT2D eigenvalue weighted by atomic mass is 9.61. The van der Waals surface area contributed by atoms with Crippen LogP contribution in [0.15, 0.2) is 0 Å². The van der Waals surface area contributed by atoms with Crippen LogP contribution >= 0.6 is 11.8 Å². The summed E-state index contributed by atoms with van der Waals surface area (Å²) in [5, 5.41) is 3.65. The maximum absolute atomic E-state index is 5.78. The van der Waals surface area contributed by atoms with Crippen LogP contribution in [0.3, 0.4) is 0 Å². The van der Waals surface area contributed by atoms with Crippen molar-refractivity contribution in [1.29, 1.82) is 0 Å². The maximum atomic E-state index is 5.78. The topological polar surface area (TPSA) is 21.3 Å². The Morgan fingerprint density at radius 1 is 1.47 bits per heavy atom. The molecular weight excluding hydrogens is 206 g/mol. The second kappa shape index (κ2) is 6.12. The molecule has 0 heterocycles. The van der Waals surface area contributed by atoms with Crippen molar-refractivity contribution in [3.05, 3.63) is 0 Å². The van der Waals surface area contributed by atoms with Crippen LogP contribution in [0.2, 0.25) is 0 Å². The standard InChI is InChI=1S/C12H25NOS/c1-5-12(3)10(13-7-8-15-4)9-11(12)14-6-2/h10-11,13H,5-9H2,1-4H3. The Morgan fingerprint density at radius 2 is 2.20 bits per heavy atom. The molecule has 0 amide bonds. The second-order valence-electron chi connectivity index (χ2n) is 4.54. The molecule has 1 fully saturated rings. The predicted octanol–water partition coefficient (Wildman–Crippen LogP) is 2.53. The normalized spacial score (nSPS) is 35.2. The van der Waals surface area contributed by atoms with Crippen molar-refractivity contribution in [3.8, 4) is 0 Å². The molecule has 0 bridgehead atoms. The summed E-state index contributed by atoms with van der Waals surface area (Å²) in [7, 11) is 0. The van der Waals surface area contributed by atoms with Gasteiger partial charge in [-0.3, -0.25) is 0 Å². The Bertz CT molecular complexity index is 186. The van der Waals surface area contributed by atoms with Crippen LogP contribution in [-0.2, 0) is 4.74 Å². The molecule has 0 spiro atoms. The van der Waals surface area contributed by atoms with Gasteiger partial charge in [0.25, 0.3) is 0 Å². The highest BCUT2D eigenvalue weighted by molar-refractivity contribution is 7.98. The summed E-state index contributed by atoms with van der Waals surface area (Å²) in [6.07, 6.45) is 5.02. The maximum Gasteiger partial charge on any atom is 0.0658 e. The molecule has 1 aliphatic rings. The van der Waals surface area contributed by atoms with Gasteiger partial charge < -0.3 is 10.1 Å². The zero-order valence-corrected chi connectivity index (χ0v) is 11.3. The van der Waals surface area contributed by atoms with E-state index in [0.29, 0.717) is 17.6 Å². The van der Waals surface area contributed by atoms with E-state index < -0.39 is 0 Å². The summed E-state index contributed by atoms with van der Waals surface area (Å²) in [6, 6.07) is 0.659. The van der Waals surface area contributed by atoms with Crippen molar-refractivity contribution in [2.24, 2.45) is 5.41 Å². The quantitative estimate of drug-likeness (QED) is 0.680. The molecule has 2 nitrogen and oxygen atoms in total. The first-order chi connectivity index (χ1) is 7.19. The summed E-state index contributed by atoms with van der Waals surface area (Å²) in [5.74, 6) is 1.20. The van der Waals surface area contributed by atoms with Gasteiger partial charge in [-0.25, -0.2) is 0 Å². The molecule has 1 saturated carbocycles. The van der Waals surface area contributed by atoms with Crippen LogP contribution in [-0.4, -0.2) is 37.3 Å². The van der Waals surface area contributed by atoms with Gasteiger partial charge in [0.2, 0.25) is 0 Å².